The maximum absolute atomic E-state index is 16.4. The number of rotatable bonds is 10. The Morgan fingerprint density at radius 3 is 2.24 bits per heavy atom. The lowest BCUT2D eigenvalue weighted by Gasteiger charge is -2.50. The van der Waals surface area contributed by atoms with Gasteiger partial charge in [-0.15, -0.1) is 0 Å². The van der Waals surface area contributed by atoms with E-state index in [2.05, 4.69) is 149 Å². The van der Waals surface area contributed by atoms with Gasteiger partial charge >= 0.3 is 0 Å². The summed E-state index contributed by atoms with van der Waals surface area (Å²) < 4.78 is 21.5. The van der Waals surface area contributed by atoms with Crippen molar-refractivity contribution in [1.29, 1.82) is 0 Å². The highest BCUT2D eigenvalue weighted by molar-refractivity contribution is 6.03. The van der Waals surface area contributed by atoms with Crippen LogP contribution in [0, 0.1) is 12.7 Å². The zero-order valence-electron chi connectivity index (χ0n) is 31.7. The lowest BCUT2D eigenvalue weighted by atomic mass is 9.55. The Balaban J connectivity index is 1.32. The van der Waals surface area contributed by atoms with Gasteiger partial charge in [-0.3, -0.25) is 0 Å². The van der Waals surface area contributed by atoms with Crippen LogP contribution in [-0.4, -0.2) is 0 Å². The third-order valence-corrected chi connectivity index (χ3v) is 13.4. The van der Waals surface area contributed by atoms with Crippen molar-refractivity contribution in [3.63, 3.8) is 0 Å². The van der Waals surface area contributed by atoms with Gasteiger partial charge in [-0.2, -0.15) is 9.13 Å². The first kappa shape index (κ1) is 33.8. The van der Waals surface area contributed by atoms with Crippen LogP contribution in [0.3, 0.4) is 0 Å². The summed E-state index contributed by atoms with van der Waals surface area (Å²) in [6.07, 6.45) is 12.1. The molecule has 2 unspecified atom stereocenters. The second kappa shape index (κ2) is 12.4. The average molecular weight is 677 g/mol. The molecular weight excluding hydrogens is 624 g/mol. The number of halogens is 1. The first-order chi connectivity index (χ1) is 24.6. The third-order valence-electron chi connectivity index (χ3n) is 13.4. The quantitative estimate of drug-likeness (QED) is 0.128. The van der Waals surface area contributed by atoms with Gasteiger partial charge in [-0.05, 0) is 84.3 Å². The normalized spacial score (nSPS) is 19.9. The van der Waals surface area contributed by atoms with Crippen molar-refractivity contribution in [2.75, 3.05) is 0 Å². The van der Waals surface area contributed by atoms with Crippen molar-refractivity contribution >= 4 is 21.5 Å². The molecule has 51 heavy (non-hydrogen) atoms. The summed E-state index contributed by atoms with van der Waals surface area (Å²) in [6, 6.07) is 30.9. The van der Waals surface area contributed by atoms with Crippen molar-refractivity contribution in [1.82, 2.24) is 0 Å². The van der Waals surface area contributed by atoms with Gasteiger partial charge in [0.05, 0.1) is 21.8 Å². The van der Waals surface area contributed by atoms with E-state index in [1.807, 2.05) is 0 Å². The first-order valence-corrected chi connectivity index (χ1v) is 19.4. The van der Waals surface area contributed by atoms with Crippen LogP contribution in [0.5, 0.6) is 0 Å². The maximum Gasteiger partial charge on any atom is 0.221 e. The van der Waals surface area contributed by atoms with Crippen LogP contribution in [-0.2, 0) is 29.3 Å². The van der Waals surface area contributed by atoms with E-state index in [0.717, 1.165) is 49.8 Å². The van der Waals surface area contributed by atoms with Crippen LogP contribution in [0.4, 0.5) is 4.39 Å². The monoisotopic (exact) mass is 676 g/mol. The number of pyridine rings is 2. The second-order valence-electron chi connectivity index (χ2n) is 16.1. The largest absolute Gasteiger partial charge is 0.221 e. The van der Waals surface area contributed by atoms with Crippen LogP contribution >= 0.6 is 0 Å². The second-order valence-corrected chi connectivity index (χ2v) is 16.1. The van der Waals surface area contributed by atoms with Crippen molar-refractivity contribution < 1.29 is 13.5 Å². The van der Waals surface area contributed by atoms with E-state index in [1.165, 1.54) is 73.6 Å². The number of aryl methyl sites for hydroxylation is 3. The van der Waals surface area contributed by atoms with E-state index in [1.54, 1.807) is 6.07 Å². The third kappa shape index (κ3) is 4.72. The standard InChI is InChI=1S/C48H53FN2/c1-8-11-18-33-22-23-38-41-36(33)27-31-51-45(41)42-39(24-25-40(49)43(42)46(38,5)6)47(7,9-2)48(51,10-3)28-16-29-50-30-26-34-19-13-15-21-37(34)44(50)35-20-14-12-17-32(35)4/h12-15,17,19-27,30-31H,8-11,16,18,28-29H2,1-7H3/q+2. The van der Waals surface area contributed by atoms with E-state index < -0.39 is 5.41 Å². The SMILES string of the molecule is CCCCc1ccc2c3c4[n+](ccc13)C(CC)(CCC[n+]1ccc3ccccc3c1-c1ccccc1C)C(C)(CC)c1ccc(F)c(c1-4)C2(C)C. The fraction of sp³-hybridized carbons (Fsp3) is 0.375. The average Bonchev–Trinajstić information content (AvgIpc) is 3.14. The summed E-state index contributed by atoms with van der Waals surface area (Å²) in [6.45, 7) is 17.1. The van der Waals surface area contributed by atoms with E-state index >= 15 is 4.39 Å². The van der Waals surface area contributed by atoms with E-state index in [0.29, 0.717) is 0 Å². The Bertz CT molecular complexity index is 2330. The predicted molar refractivity (Wildman–Crippen MR) is 210 cm³/mol. The maximum atomic E-state index is 16.4. The van der Waals surface area contributed by atoms with Gasteiger partial charge in [-0.25, -0.2) is 4.39 Å². The molecule has 8 rings (SSSR count). The van der Waals surface area contributed by atoms with Gasteiger partial charge < -0.3 is 0 Å². The highest BCUT2D eigenvalue weighted by atomic mass is 19.1. The number of hydrogen-bond acceptors (Lipinski definition) is 0. The number of fused-ring (bicyclic) bond motifs is 1. The summed E-state index contributed by atoms with van der Waals surface area (Å²) >= 11 is 0. The van der Waals surface area contributed by atoms with E-state index in [4.69, 9.17) is 0 Å². The number of unbranched alkanes of at least 4 members (excludes halogenated alkanes) is 1. The highest BCUT2D eigenvalue weighted by Gasteiger charge is 2.61. The summed E-state index contributed by atoms with van der Waals surface area (Å²) in [5.74, 6) is -0.0816. The minimum Gasteiger partial charge on any atom is -0.207 e. The summed E-state index contributed by atoms with van der Waals surface area (Å²) in [5, 5.41) is 5.25. The molecule has 0 saturated heterocycles. The molecule has 1 aliphatic carbocycles. The molecule has 4 aromatic carbocycles. The Hall–Kier alpha value is -4.37. The molecule has 260 valence electrons. The topological polar surface area (TPSA) is 7.76 Å². The fourth-order valence-corrected chi connectivity index (χ4v) is 10.5. The zero-order valence-corrected chi connectivity index (χ0v) is 31.7. The van der Waals surface area contributed by atoms with Gasteiger partial charge in [0, 0.05) is 47.9 Å². The van der Waals surface area contributed by atoms with Gasteiger partial charge in [0.1, 0.15) is 12.4 Å². The van der Waals surface area contributed by atoms with Crippen molar-refractivity contribution in [3.8, 4) is 22.5 Å². The molecule has 0 fully saturated rings. The minimum absolute atomic E-state index is 0.0816. The number of benzene rings is 4. The smallest absolute Gasteiger partial charge is 0.207 e. The highest BCUT2D eigenvalue weighted by Crippen LogP contribution is 2.59. The van der Waals surface area contributed by atoms with Gasteiger partial charge in [-0.1, -0.05) is 95.6 Å². The minimum atomic E-state index is -0.442. The van der Waals surface area contributed by atoms with Crippen molar-refractivity contribution in [2.24, 2.45) is 0 Å². The Kier molecular flexibility index (Phi) is 8.20. The van der Waals surface area contributed by atoms with Gasteiger partial charge in [0.15, 0.2) is 17.9 Å². The number of nitrogens with zero attached hydrogens (tertiary/aromatic N) is 2. The van der Waals surface area contributed by atoms with Crippen LogP contribution in [0.1, 0.15) is 108 Å². The Labute approximate surface area is 304 Å². The lowest BCUT2D eigenvalue weighted by molar-refractivity contribution is -0.771. The molecule has 2 aromatic heterocycles. The summed E-state index contributed by atoms with van der Waals surface area (Å²) in [4.78, 5) is 0. The summed E-state index contributed by atoms with van der Waals surface area (Å²) in [5.41, 5.74) is 10.3. The number of aromatic nitrogens is 2. The molecule has 0 saturated carbocycles. The Morgan fingerprint density at radius 2 is 1.47 bits per heavy atom. The molecule has 6 aromatic rings. The van der Waals surface area contributed by atoms with Crippen LogP contribution in [0.2, 0.25) is 0 Å². The van der Waals surface area contributed by atoms with Crippen molar-refractivity contribution in [2.45, 2.75) is 116 Å². The van der Waals surface area contributed by atoms with Crippen molar-refractivity contribution in [3.05, 3.63) is 131 Å². The summed E-state index contributed by atoms with van der Waals surface area (Å²) in [7, 11) is 0. The molecule has 0 amide bonds. The first-order valence-electron chi connectivity index (χ1n) is 19.4. The van der Waals surface area contributed by atoms with E-state index in [-0.39, 0.29) is 16.8 Å². The lowest BCUT2D eigenvalue weighted by Crippen LogP contribution is -2.69. The van der Waals surface area contributed by atoms with Crippen LogP contribution < -0.4 is 9.13 Å². The Morgan fingerprint density at radius 1 is 0.706 bits per heavy atom. The molecule has 3 heteroatoms. The van der Waals surface area contributed by atoms with Crippen LogP contribution in [0.25, 0.3) is 44.1 Å². The molecule has 2 nitrogen and oxygen atoms in total. The fourth-order valence-electron chi connectivity index (χ4n) is 10.5. The molecule has 0 N–H and O–H groups in total. The molecule has 0 radical (unpaired) electrons. The molecule has 1 aliphatic heterocycles. The predicted octanol–water partition coefficient (Wildman–Crippen LogP) is 11.6. The molecular formula is C48H53FN2+2. The number of hydrogen-bond donors (Lipinski definition) is 0. The van der Waals surface area contributed by atoms with Crippen LogP contribution in [0.15, 0.2) is 97.3 Å². The molecule has 2 atom stereocenters. The molecule has 3 heterocycles. The molecule has 0 bridgehead atoms. The zero-order chi connectivity index (χ0) is 35.7. The molecule has 0 spiro atoms. The van der Waals surface area contributed by atoms with Gasteiger partial charge in [0.2, 0.25) is 11.4 Å². The van der Waals surface area contributed by atoms with Gasteiger partial charge in [0.25, 0.3) is 0 Å². The molecule has 2 aliphatic rings. The van der Waals surface area contributed by atoms with E-state index in [9.17, 15) is 0 Å².